The Morgan fingerprint density at radius 3 is 2.78 bits per heavy atom. The van der Waals surface area contributed by atoms with Crippen LogP contribution in [0, 0.1) is 5.92 Å². The summed E-state index contributed by atoms with van der Waals surface area (Å²) in [4.78, 5) is 19.4. The summed E-state index contributed by atoms with van der Waals surface area (Å²) in [5, 5.41) is 3.88. The molecule has 5 nitrogen and oxygen atoms in total. The highest BCUT2D eigenvalue weighted by molar-refractivity contribution is 9.10. The smallest absolute Gasteiger partial charge is 0.223 e. The lowest BCUT2D eigenvalue weighted by Gasteiger charge is -2.34. The normalized spacial score (nSPS) is 19.9. The minimum absolute atomic E-state index is 0.00899. The van der Waals surface area contributed by atoms with Crippen LogP contribution in [0.25, 0.3) is 0 Å². The van der Waals surface area contributed by atoms with E-state index in [0.717, 1.165) is 54.0 Å². The number of rotatable bonds is 3. The molecule has 1 saturated heterocycles. The number of halogens is 2. The predicted octanol–water partition coefficient (Wildman–Crippen LogP) is 4.35. The van der Waals surface area contributed by atoms with Crippen LogP contribution in [-0.4, -0.2) is 30.6 Å². The van der Waals surface area contributed by atoms with Crippen LogP contribution in [0.1, 0.15) is 30.9 Å². The van der Waals surface area contributed by atoms with Crippen LogP contribution in [0.3, 0.4) is 0 Å². The molecule has 2 aliphatic rings. The lowest BCUT2D eigenvalue weighted by Crippen LogP contribution is -2.42. The number of fused-ring (bicyclic) bond motifs is 1. The van der Waals surface area contributed by atoms with E-state index in [1.54, 1.807) is 6.20 Å². The molecule has 0 radical (unpaired) electrons. The Balaban J connectivity index is 1.37. The molecule has 0 saturated carbocycles. The molecule has 2 aromatic rings. The van der Waals surface area contributed by atoms with Gasteiger partial charge < -0.3 is 15.0 Å². The molecule has 3 heterocycles. The zero-order chi connectivity index (χ0) is 18.8. The van der Waals surface area contributed by atoms with Gasteiger partial charge in [-0.1, -0.05) is 27.5 Å². The maximum atomic E-state index is 12.8. The van der Waals surface area contributed by atoms with Crippen molar-refractivity contribution < 1.29 is 9.53 Å². The van der Waals surface area contributed by atoms with Gasteiger partial charge in [0.2, 0.25) is 5.91 Å². The fourth-order valence-corrected chi connectivity index (χ4v) is 4.22. The first-order valence-corrected chi connectivity index (χ1v) is 10.4. The first-order valence-electron chi connectivity index (χ1n) is 9.19. The zero-order valence-electron chi connectivity index (χ0n) is 14.8. The van der Waals surface area contributed by atoms with Gasteiger partial charge in [-0.25, -0.2) is 4.98 Å². The highest BCUT2D eigenvalue weighted by Crippen LogP contribution is 2.34. The van der Waals surface area contributed by atoms with Crippen molar-refractivity contribution in [3.05, 3.63) is 51.6 Å². The van der Waals surface area contributed by atoms with Gasteiger partial charge in [0.25, 0.3) is 0 Å². The summed E-state index contributed by atoms with van der Waals surface area (Å²) < 4.78 is 6.71. The van der Waals surface area contributed by atoms with E-state index in [1.807, 2.05) is 30.3 Å². The molecule has 0 aliphatic carbocycles. The largest absolute Gasteiger partial charge is 0.493 e. The molecule has 1 amide bonds. The van der Waals surface area contributed by atoms with Crippen LogP contribution >= 0.6 is 27.5 Å². The number of carbonyl (C=O) groups excluding carboxylic acids is 1. The highest BCUT2D eigenvalue weighted by Gasteiger charge is 2.29. The van der Waals surface area contributed by atoms with Gasteiger partial charge in [-0.05, 0) is 43.2 Å². The van der Waals surface area contributed by atoms with Crippen molar-refractivity contribution in [2.75, 3.05) is 24.6 Å². The van der Waals surface area contributed by atoms with E-state index in [9.17, 15) is 4.79 Å². The molecule has 1 N–H and O–H groups in total. The Labute approximate surface area is 172 Å². The number of carbonyl (C=O) groups is 1. The SMILES string of the molecule is O=C(NC1CCOc2ccc(Br)cc21)C1CCN(c2ccc(Cl)cn2)CC1. The number of nitrogens with one attached hydrogen (secondary N) is 1. The molecule has 27 heavy (non-hydrogen) atoms. The molecule has 1 aromatic heterocycles. The number of pyridine rings is 1. The van der Waals surface area contributed by atoms with Crippen molar-refractivity contribution in [3.63, 3.8) is 0 Å². The van der Waals surface area contributed by atoms with Crippen LogP contribution < -0.4 is 15.0 Å². The summed E-state index contributed by atoms with van der Waals surface area (Å²) >= 11 is 9.41. The predicted molar refractivity (Wildman–Crippen MR) is 109 cm³/mol. The molecule has 2 aliphatic heterocycles. The van der Waals surface area contributed by atoms with Crippen LogP contribution in [0.15, 0.2) is 41.0 Å². The molecule has 1 fully saturated rings. The van der Waals surface area contributed by atoms with E-state index >= 15 is 0 Å². The summed E-state index contributed by atoms with van der Waals surface area (Å²) in [6, 6.07) is 9.74. The molecule has 4 rings (SSSR count). The van der Waals surface area contributed by atoms with E-state index in [0.29, 0.717) is 11.6 Å². The Morgan fingerprint density at radius 2 is 2.04 bits per heavy atom. The first-order chi connectivity index (χ1) is 13.1. The van der Waals surface area contributed by atoms with Crippen LogP contribution in [0.4, 0.5) is 5.82 Å². The van der Waals surface area contributed by atoms with Crippen molar-refractivity contribution in [2.45, 2.75) is 25.3 Å². The van der Waals surface area contributed by atoms with Crippen molar-refractivity contribution in [2.24, 2.45) is 5.92 Å². The fraction of sp³-hybridized carbons (Fsp3) is 0.400. The second-order valence-electron chi connectivity index (χ2n) is 6.98. The van der Waals surface area contributed by atoms with E-state index < -0.39 is 0 Å². The third kappa shape index (κ3) is 4.22. The van der Waals surface area contributed by atoms with Crippen LogP contribution in [-0.2, 0) is 4.79 Å². The maximum absolute atomic E-state index is 12.8. The molecule has 1 atom stereocenters. The maximum Gasteiger partial charge on any atom is 0.223 e. The van der Waals surface area contributed by atoms with Gasteiger partial charge in [-0.3, -0.25) is 4.79 Å². The molecular formula is C20H21BrClN3O2. The van der Waals surface area contributed by atoms with Crippen molar-refractivity contribution >= 4 is 39.3 Å². The van der Waals surface area contributed by atoms with Gasteiger partial charge in [0, 0.05) is 41.7 Å². The molecule has 0 bridgehead atoms. The minimum Gasteiger partial charge on any atom is -0.493 e. The summed E-state index contributed by atoms with van der Waals surface area (Å²) in [6.45, 7) is 2.27. The minimum atomic E-state index is 0.00899. The summed E-state index contributed by atoms with van der Waals surface area (Å²) in [6.07, 6.45) is 4.11. The zero-order valence-corrected chi connectivity index (χ0v) is 17.2. The van der Waals surface area contributed by atoms with E-state index in [-0.39, 0.29) is 17.9 Å². The molecular weight excluding hydrogens is 430 g/mol. The van der Waals surface area contributed by atoms with Crippen LogP contribution in [0.2, 0.25) is 5.02 Å². The van der Waals surface area contributed by atoms with Gasteiger partial charge in [0.15, 0.2) is 0 Å². The third-order valence-corrected chi connectivity index (χ3v) is 5.95. The van der Waals surface area contributed by atoms with Gasteiger partial charge in [-0.2, -0.15) is 0 Å². The molecule has 7 heteroatoms. The average molecular weight is 451 g/mol. The Bertz CT molecular complexity index is 822. The number of hydrogen-bond donors (Lipinski definition) is 1. The Kier molecular flexibility index (Phi) is 5.55. The molecule has 142 valence electrons. The van der Waals surface area contributed by atoms with Crippen LogP contribution in [0.5, 0.6) is 5.75 Å². The molecule has 1 unspecified atom stereocenters. The lowest BCUT2D eigenvalue weighted by molar-refractivity contribution is -0.126. The second-order valence-corrected chi connectivity index (χ2v) is 8.33. The number of nitrogens with zero attached hydrogens (tertiary/aromatic N) is 2. The summed E-state index contributed by atoms with van der Waals surface area (Å²) in [5.74, 6) is 1.95. The van der Waals surface area contributed by atoms with E-state index in [4.69, 9.17) is 16.3 Å². The Morgan fingerprint density at radius 1 is 1.22 bits per heavy atom. The number of anilines is 1. The number of benzene rings is 1. The third-order valence-electron chi connectivity index (χ3n) is 5.23. The van der Waals surface area contributed by atoms with Gasteiger partial charge >= 0.3 is 0 Å². The second kappa shape index (κ2) is 8.07. The fourth-order valence-electron chi connectivity index (χ4n) is 3.73. The quantitative estimate of drug-likeness (QED) is 0.755. The van der Waals surface area contributed by atoms with Crippen molar-refractivity contribution in [1.82, 2.24) is 10.3 Å². The lowest BCUT2D eigenvalue weighted by atomic mass is 9.94. The van der Waals surface area contributed by atoms with E-state index in [2.05, 4.69) is 31.1 Å². The Hall–Kier alpha value is -1.79. The summed E-state index contributed by atoms with van der Waals surface area (Å²) in [7, 11) is 0. The first kappa shape index (κ1) is 18.6. The van der Waals surface area contributed by atoms with E-state index in [1.165, 1.54) is 0 Å². The van der Waals surface area contributed by atoms with Gasteiger partial charge in [0.05, 0.1) is 17.7 Å². The standard InChI is InChI=1S/C20H21BrClN3O2/c21-14-1-3-18-16(11-14)17(7-10-27-18)24-20(26)13-5-8-25(9-6-13)19-4-2-15(22)12-23-19/h1-4,11-13,17H,5-10H2,(H,24,26). The number of hydrogen-bond acceptors (Lipinski definition) is 4. The van der Waals surface area contributed by atoms with Crippen molar-refractivity contribution in [1.29, 1.82) is 0 Å². The number of ether oxygens (including phenoxy) is 1. The number of amides is 1. The number of aromatic nitrogens is 1. The number of piperidine rings is 1. The van der Waals surface area contributed by atoms with Crippen molar-refractivity contribution in [3.8, 4) is 5.75 Å². The molecule has 0 spiro atoms. The summed E-state index contributed by atoms with van der Waals surface area (Å²) in [5.41, 5.74) is 1.05. The monoisotopic (exact) mass is 449 g/mol. The highest BCUT2D eigenvalue weighted by atomic mass is 79.9. The molecule has 1 aromatic carbocycles. The average Bonchev–Trinajstić information content (AvgIpc) is 2.69. The van der Waals surface area contributed by atoms with Gasteiger partial charge in [-0.15, -0.1) is 0 Å². The van der Waals surface area contributed by atoms with Gasteiger partial charge in [0.1, 0.15) is 11.6 Å². The topological polar surface area (TPSA) is 54.5 Å².